The van der Waals surface area contributed by atoms with Crippen LogP contribution in [0.15, 0.2) is 18.2 Å². The van der Waals surface area contributed by atoms with Crippen molar-refractivity contribution in [3.63, 3.8) is 0 Å². The van der Waals surface area contributed by atoms with E-state index in [1.54, 1.807) is 0 Å². The van der Waals surface area contributed by atoms with E-state index in [0.29, 0.717) is 12.8 Å². The Balaban J connectivity index is 1.92. The zero-order chi connectivity index (χ0) is 14.8. The Bertz CT molecular complexity index is 546. The van der Waals surface area contributed by atoms with Gasteiger partial charge in [-0.25, -0.2) is 4.79 Å². The summed E-state index contributed by atoms with van der Waals surface area (Å²) in [6.07, 6.45) is 2.30. The van der Waals surface area contributed by atoms with E-state index in [4.69, 9.17) is 11.6 Å². The van der Waals surface area contributed by atoms with Crippen LogP contribution in [-0.2, 0) is 0 Å². The van der Waals surface area contributed by atoms with Gasteiger partial charge in [0.15, 0.2) is 0 Å². The van der Waals surface area contributed by atoms with Crippen LogP contribution >= 0.6 is 11.6 Å². The van der Waals surface area contributed by atoms with Crippen molar-refractivity contribution < 1.29 is 14.8 Å². The van der Waals surface area contributed by atoms with E-state index in [-0.39, 0.29) is 22.9 Å². The summed E-state index contributed by atoms with van der Waals surface area (Å²) < 4.78 is 0. The SMILES string of the molecule is O=C(NCC1(O)CCC1)Nc1ccc([N+](=O)[O-])cc1Cl. The minimum absolute atomic E-state index is 0.0803. The monoisotopic (exact) mass is 299 g/mol. The molecule has 0 aromatic heterocycles. The molecule has 1 aromatic carbocycles. The third-order valence-corrected chi connectivity index (χ3v) is 3.59. The lowest BCUT2D eigenvalue weighted by Crippen LogP contribution is -2.48. The van der Waals surface area contributed by atoms with Gasteiger partial charge in [0.2, 0.25) is 0 Å². The first-order valence-electron chi connectivity index (χ1n) is 6.11. The van der Waals surface area contributed by atoms with Crippen LogP contribution in [-0.4, -0.2) is 28.2 Å². The van der Waals surface area contributed by atoms with Gasteiger partial charge in [-0.1, -0.05) is 11.6 Å². The van der Waals surface area contributed by atoms with Crippen LogP contribution in [0.25, 0.3) is 0 Å². The van der Waals surface area contributed by atoms with Crippen molar-refractivity contribution in [2.45, 2.75) is 24.9 Å². The molecule has 0 unspecified atom stereocenters. The topological polar surface area (TPSA) is 104 Å². The molecular weight excluding hydrogens is 286 g/mol. The number of benzene rings is 1. The summed E-state index contributed by atoms with van der Waals surface area (Å²) in [5.74, 6) is 0. The number of nitrogens with zero attached hydrogens (tertiary/aromatic N) is 1. The van der Waals surface area contributed by atoms with Crippen molar-refractivity contribution in [2.24, 2.45) is 0 Å². The van der Waals surface area contributed by atoms with Gasteiger partial charge < -0.3 is 15.7 Å². The molecule has 0 spiro atoms. The van der Waals surface area contributed by atoms with Gasteiger partial charge in [-0.15, -0.1) is 0 Å². The molecular formula is C12H14ClN3O4. The van der Waals surface area contributed by atoms with Gasteiger partial charge in [0.1, 0.15) is 0 Å². The number of non-ortho nitro benzene ring substituents is 1. The average Bonchev–Trinajstić information content (AvgIpc) is 2.36. The number of anilines is 1. The number of nitro groups is 1. The largest absolute Gasteiger partial charge is 0.388 e. The van der Waals surface area contributed by atoms with Crippen LogP contribution < -0.4 is 10.6 Å². The minimum Gasteiger partial charge on any atom is -0.388 e. The Hall–Kier alpha value is -1.86. The van der Waals surface area contributed by atoms with E-state index in [9.17, 15) is 20.0 Å². The lowest BCUT2D eigenvalue weighted by Gasteiger charge is -2.36. The van der Waals surface area contributed by atoms with Crippen molar-refractivity contribution in [3.8, 4) is 0 Å². The lowest BCUT2D eigenvalue weighted by molar-refractivity contribution is -0.384. The Morgan fingerprint density at radius 2 is 2.20 bits per heavy atom. The van der Waals surface area contributed by atoms with Crippen molar-refractivity contribution in [1.82, 2.24) is 5.32 Å². The Kier molecular flexibility index (Phi) is 4.10. The highest BCUT2D eigenvalue weighted by Gasteiger charge is 2.34. The predicted octanol–water partition coefficient (Wildman–Crippen LogP) is 2.28. The van der Waals surface area contributed by atoms with E-state index in [2.05, 4.69) is 10.6 Å². The summed E-state index contributed by atoms with van der Waals surface area (Å²) >= 11 is 5.85. The highest BCUT2D eigenvalue weighted by Crippen LogP contribution is 2.30. The maximum absolute atomic E-state index is 11.6. The Labute approximate surface area is 120 Å². The molecule has 0 heterocycles. The second-order valence-corrected chi connectivity index (χ2v) is 5.21. The number of nitro benzene ring substituents is 1. The van der Waals surface area contributed by atoms with Gasteiger partial charge in [0.05, 0.1) is 21.2 Å². The second-order valence-electron chi connectivity index (χ2n) is 4.81. The third-order valence-electron chi connectivity index (χ3n) is 3.27. The molecule has 0 atom stereocenters. The van der Waals surface area contributed by atoms with E-state index in [0.717, 1.165) is 12.5 Å². The molecule has 20 heavy (non-hydrogen) atoms. The number of carbonyl (C=O) groups excluding carboxylic acids is 1. The van der Waals surface area contributed by atoms with E-state index >= 15 is 0 Å². The molecule has 1 aliphatic rings. The molecule has 1 saturated carbocycles. The summed E-state index contributed by atoms with van der Waals surface area (Å²) in [4.78, 5) is 21.6. The van der Waals surface area contributed by atoms with E-state index in [1.807, 2.05) is 0 Å². The number of amides is 2. The lowest BCUT2D eigenvalue weighted by atomic mass is 9.80. The van der Waals surface area contributed by atoms with Crippen LogP contribution in [0, 0.1) is 10.1 Å². The van der Waals surface area contributed by atoms with Gasteiger partial charge in [0, 0.05) is 18.7 Å². The molecule has 0 saturated heterocycles. The zero-order valence-corrected chi connectivity index (χ0v) is 11.3. The number of hydrogen-bond donors (Lipinski definition) is 3. The first-order valence-corrected chi connectivity index (χ1v) is 6.49. The fourth-order valence-corrected chi connectivity index (χ4v) is 2.11. The van der Waals surface area contributed by atoms with Crippen molar-refractivity contribution in [3.05, 3.63) is 33.3 Å². The van der Waals surface area contributed by atoms with Gasteiger partial charge in [-0.3, -0.25) is 10.1 Å². The molecule has 0 bridgehead atoms. The van der Waals surface area contributed by atoms with Crippen molar-refractivity contribution in [1.29, 1.82) is 0 Å². The highest BCUT2D eigenvalue weighted by atomic mass is 35.5. The first kappa shape index (κ1) is 14.5. The summed E-state index contributed by atoms with van der Waals surface area (Å²) in [6, 6.07) is 3.26. The van der Waals surface area contributed by atoms with Crippen LogP contribution in [0.4, 0.5) is 16.2 Å². The maximum atomic E-state index is 11.6. The highest BCUT2D eigenvalue weighted by molar-refractivity contribution is 6.33. The molecule has 1 aromatic rings. The number of carbonyl (C=O) groups is 1. The van der Waals surface area contributed by atoms with Crippen LogP contribution in [0.2, 0.25) is 5.02 Å². The Morgan fingerprint density at radius 3 is 2.70 bits per heavy atom. The molecule has 108 valence electrons. The number of halogens is 1. The number of hydrogen-bond acceptors (Lipinski definition) is 4. The summed E-state index contributed by atoms with van der Waals surface area (Å²) in [5.41, 5.74) is -0.684. The van der Waals surface area contributed by atoms with Gasteiger partial charge in [-0.2, -0.15) is 0 Å². The van der Waals surface area contributed by atoms with Gasteiger partial charge >= 0.3 is 6.03 Å². The number of nitrogens with one attached hydrogen (secondary N) is 2. The van der Waals surface area contributed by atoms with E-state index in [1.165, 1.54) is 12.1 Å². The summed E-state index contributed by atoms with van der Waals surface area (Å²) in [5, 5.41) is 25.5. The molecule has 1 fully saturated rings. The standard InChI is InChI=1S/C12H14ClN3O4/c13-9-6-8(16(19)20)2-3-10(9)15-11(17)14-7-12(18)4-1-5-12/h2-3,6,18H,1,4-5,7H2,(H2,14,15,17). The van der Waals surface area contributed by atoms with Crippen LogP contribution in [0.3, 0.4) is 0 Å². The van der Waals surface area contributed by atoms with Gasteiger partial charge in [0.25, 0.3) is 5.69 Å². The zero-order valence-electron chi connectivity index (χ0n) is 10.6. The smallest absolute Gasteiger partial charge is 0.319 e. The molecule has 8 heteroatoms. The minimum atomic E-state index is -0.809. The molecule has 3 N–H and O–H groups in total. The molecule has 0 aliphatic heterocycles. The van der Waals surface area contributed by atoms with Crippen LogP contribution in [0.1, 0.15) is 19.3 Å². The number of rotatable bonds is 4. The summed E-state index contributed by atoms with van der Waals surface area (Å²) in [6.45, 7) is 0.170. The van der Waals surface area contributed by atoms with Crippen molar-refractivity contribution in [2.75, 3.05) is 11.9 Å². The van der Waals surface area contributed by atoms with Crippen molar-refractivity contribution >= 4 is 29.0 Å². The fraction of sp³-hybridized carbons (Fsp3) is 0.417. The predicted molar refractivity (Wildman–Crippen MR) is 73.9 cm³/mol. The first-order chi connectivity index (χ1) is 9.39. The average molecular weight is 300 g/mol. The molecule has 7 nitrogen and oxygen atoms in total. The second kappa shape index (κ2) is 5.64. The molecule has 1 aliphatic carbocycles. The normalized spacial score (nSPS) is 16.1. The van der Waals surface area contributed by atoms with E-state index < -0.39 is 16.6 Å². The van der Waals surface area contributed by atoms with Gasteiger partial charge in [-0.05, 0) is 25.3 Å². The molecule has 0 radical (unpaired) electrons. The number of aliphatic hydroxyl groups is 1. The third kappa shape index (κ3) is 3.37. The maximum Gasteiger partial charge on any atom is 0.319 e. The summed E-state index contributed by atoms with van der Waals surface area (Å²) in [7, 11) is 0. The fourth-order valence-electron chi connectivity index (χ4n) is 1.89. The van der Waals surface area contributed by atoms with Crippen LogP contribution in [0.5, 0.6) is 0 Å². The Morgan fingerprint density at radius 1 is 1.50 bits per heavy atom. The number of urea groups is 1. The quantitative estimate of drug-likeness (QED) is 0.586. The molecule has 2 rings (SSSR count). The molecule has 2 amide bonds.